The van der Waals surface area contributed by atoms with Crippen molar-refractivity contribution in [3.63, 3.8) is 0 Å². The Labute approximate surface area is 83.1 Å². The molecule has 0 saturated carbocycles. The Morgan fingerprint density at radius 2 is 2.23 bits per heavy atom. The highest BCUT2D eigenvalue weighted by Crippen LogP contribution is 2.29. The molecule has 13 heavy (non-hydrogen) atoms. The van der Waals surface area contributed by atoms with Crippen LogP contribution in [0.4, 0.5) is 5.69 Å². The molecule has 1 atom stereocenters. The molecule has 0 spiro atoms. The molecule has 72 valence electrons. The van der Waals surface area contributed by atoms with Gasteiger partial charge in [0.1, 0.15) is 0 Å². The highest BCUT2D eigenvalue weighted by Gasteiger charge is 2.07. The molecule has 0 radical (unpaired) electrons. The Morgan fingerprint density at radius 3 is 2.77 bits per heavy atom. The fraction of sp³-hybridized carbons (Fsp3) is 0.143. The van der Waals surface area contributed by atoms with Crippen LogP contribution in [0.1, 0.15) is 5.56 Å². The topological polar surface area (TPSA) is 72.5 Å². The van der Waals surface area contributed by atoms with E-state index in [2.05, 4.69) is 4.18 Å². The Morgan fingerprint density at radius 1 is 1.62 bits per heavy atom. The van der Waals surface area contributed by atoms with Gasteiger partial charge in [0.15, 0.2) is 5.75 Å². The molecule has 0 bridgehead atoms. The van der Waals surface area contributed by atoms with Gasteiger partial charge >= 0.3 is 11.4 Å². The van der Waals surface area contributed by atoms with Gasteiger partial charge < -0.3 is 9.92 Å². The first-order valence-corrected chi connectivity index (χ1v) is 4.76. The summed E-state index contributed by atoms with van der Waals surface area (Å²) in [7, 11) is 0. The monoisotopic (exact) mass is 221 g/mol. The van der Waals surface area contributed by atoms with E-state index in [0.717, 1.165) is 5.56 Å². The van der Waals surface area contributed by atoms with Crippen LogP contribution in [-0.4, -0.2) is 8.76 Å². The average molecular weight is 222 g/mol. The van der Waals surface area contributed by atoms with E-state index in [0.29, 0.717) is 5.69 Å². The summed E-state index contributed by atoms with van der Waals surface area (Å²) in [5.41, 5.74) is 6.80. The largest absolute Gasteiger partial charge is 0.398 e. The van der Waals surface area contributed by atoms with Crippen LogP contribution in [0.25, 0.3) is 0 Å². The molecule has 0 amide bonds. The van der Waals surface area contributed by atoms with E-state index >= 15 is 0 Å². The van der Waals surface area contributed by atoms with Crippen molar-refractivity contribution in [2.75, 3.05) is 5.73 Å². The van der Waals surface area contributed by atoms with Crippen LogP contribution in [0.15, 0.2) is 12.1 Å². The summed E-state index contributed by atoms with van der Waals surface area (Å²) in [6.45, 7) is 1.78. The summed E-state index contributed by atoms with van der Waals surface area (Å²) in [6, 6.07) is 2.98. The van der Waals surface area contributed by atoms with Crippen molar-refractivity contribution in [2.24, 2.45) is 0 Å². The Balaban J connectivity index is 3.08. The van der Waals surface area contributed by atoms with Crippen LogP contribution < -0.4 is 9.92 Å². The summed E-state index contributed by atoms with van der Waals surface area (Å²) >= 11 is 3.34. The van der Waals surface area contributed by atoms with Gasteiger partial charge in [-0.25, -0.2) is 0 Å². The maximum absolute atomic E-state index is 10.3. The average Bonchev–Trinajstić information content (AvgIpc) is 1.99. The molecule has 0 saturated heterocycles. The third kappa shape index (κ3) is 2.58. The van der Waals surface area contributed by atoms with Gasteiger partial charge in [-0.1, -0.05) is 11.6 Å². The fourth-order valence-corrected chi connectivity index (χ4v) is 1.40. The highest BCUT2D eigenvalue weighted by atomic mass is 35.5. The van der Waals surface area contributed by atoms with Gasteiger partial charge in [0.25, 0.3) is 0 Å². The highest BCUT2D eigenvalue weighted by molar-refractivity contribution is 7.74. The smallest absolute Gasteiger partial charge is 0.357 e. The zero-order valence-corrected chi connectivity index (χ0v) is 8.35. The van der Waals surface area contributed by atoms with Crippen molar-refractivity contribution in [1.29, 1.82) is 0 Å². The first kappa shape index (κ1) is 10.3. The van der Waals surface area contributed by atoms with E-state index in [4.69, 9.17) is 21.9 Å². The van der Waals surface area contributed by atoms with Crippen LogP contribution in [0.2, 0.25) is 5.02 Å². The number of anilines is 1. The molecule has 1 aromatic rings. The molecule has 4 nitrogen and oxygen atoms in total. The molecule has 0 aliphatic rings. The normalized spacial score (nSPS) is 12.5. The number of aryl methyl sites for hydroxylation is 1. The summed E-state index contributed by atoms with van der Waals surface area (Å²) in [5, 5.41) is 0.258. The molecule has 6 heteroatoms. The minimum atomic E-state index is -2.38. The predicted molar refractivity (Wildman–Crippen MR) is 52.0 cm³/mol. The summed E-state index contributed by atoms with van der Waals surface area (Å²) in [4.78, 5) is 0. The van der Waals surface area contributed by atoms with Crippen molar-refractivity contribution in [3.05, 3.63) is 22.7 Å². The summed E-state index contributed by atoms with van der Waals surface area (Å²) < 4.78 is 23.2. The number of nitrogens with two attached hydrogens (primary N) is 1. The number of nitrogen functional groups attached to an aromatic ring is 1. The molecule has 0 aromatic heterocycles. The van der Waals surface area contributed by atoms with Gasteiger partial charge in [-0.2, -0.15) is 4.21 Å². The maximum Gasteiger partial charge on any atom is 0.357 e. The van der Waals surface area contributed by atoms with Crippen LogP contribution >= 0.6 is 11.6 Å². The zero-order chi connectivity index (χ0) is 10.0. The van der Waals surface area contributed by atoms with Crippen LogP contribution in [0.3, 0.4) is 0 Å². The zero-order valence-electron chi connectivity index (χ0n) is 6.78. The van der Waals surface area contributed by atoms with Crippen LogP contribution in [0, 0.1) is 6.92 Å². The number of hydrogen-bond acceptors (Lipinski definition) is 3. The molecule has 0 fully saturated rings. The van der Waals surface area contributed by atoms with E-state index in [-0.39, 0.29) is 10.8 Å². The lowest BCUT2D eigenvalue weighted by molar-refractivity contribution is 0.458. The van der Waals surface area contributed by atoms with Gasteiger partial charge in [0.05, 0.1) is 5.02 Å². The van der Waals surface area contributed by atoms with Gasteiger partial charge in [-0.05, 0) is 18.6 Å². The molecule has 0 aliphatic carbocycles. The maximum atomic E-state index is 10.3. The second-order valence-corrected chi connectivity index (χ2v) is 3.45. The second-order valence-electron chi connectivity index (χ2n) is 2.44. The lowest BCUT2D eigenvalue weighted by atomic mass is 10.2. The minimum absolute atomic E-state index is 0.102. The summed E-state index contributed by atoms with van der Waals surface area (Å²) in [6.07, 6.45) is 0. The number of benzene rings is 1. The van der Waals surface area contributed by atoms with Crippen LogP contribution in [0.5, 0.6) is 5.75 Å². The number of hydrogen-bond donors (Lipinski definition) is 2. The lowest BCUT2D eigenvalue weighted by Gasteiger charge is -2.05. The van der Waals surface area contributed by atoms with Crippen molar-refractivity contribution in [1.82, 2.24) is 0 Å². The molecule has 0 heterocycles. The molecule has 3 N–H and O–H groups in total. The van der Waals surface area contributed by atoms with Gasteiger partial charge in [-0.15, -0.1) is 0 Å². The predicted octanol–water partition coefficient (Wildman–Crippen LogP) is 1.75. The van der Waals surface area contributed by atoms with Gasteiger partial charge in [0.2, 0.25) is 0 Å². The van der Waals surface area contributed by atoms with E-state index in [1.807, 2.05) is 0 Å². The van der Waals surface area contributed by atoms with E-state index in [9.17, 15) is 4.21 Å². The lowest BCUT2D eigenvalue weighted by Crippen LogP contribution is -1.99. The van der Waals surface area contributed by atoms with E-state index < -0.39 is 11.4 Å². The molecular formula is C7H8ClNO3S. The third-order valence-corrected chi connectivity index (χ3v) is 2.10. The molecule has 1 aromatic carbocycles. The Bertz CT molecular complexity index is 356. The standard InChI is InChI=1S/C7H8ClNO3S/c1-4-2-5(8)7(3-6(4)9)12-13(10)11/h2-3H,9H2,1H3,(H,10,11). The number of halogens is 1. The first-order chi connectivity index (χ1) is 6.00. The first-order valence-electron chi connectivity index (χ1n) is 3.35. The quantitative estimate of drug-likeness (QED) is 0.590. The second kappa shape index (κ2) is 3.95. The third-order valence-electron chi connectivity index (χ3n) is 1.48. The van der Waals surface area contributed by atoms with Crippen molar-refractivity contribution in [2.45, 2.75) is 6.92 Å². The minimum Gasteiger partial charge on any atom is -0.398 e. The SMILES string of the molecule is Cc1cc(Cl)c(OS(=O)O)cc1N. The molecular weight excluding hydrogens is 214 g/mol. The Kier molecular flexibility index (Phi) is 3.13. The number of rotatable bonds is 2. The molecule has 1 rings (SSSR count). The van der Waals surface area contributed by atoms with Crippen LogP contribution in [-0.2, 0) is 11.4 Å². The van der Waals surface area contributed by atoms with E-state index in [1.165, 1.54) is 6.07 Å². The Hall–Kier alpha value is -0.780. The van der Waals surface area contributed by atoms with E-state index in [1.54, 1.807) is 13.0 Å². The van der Waals surface area contributed by atoms with Crippen molar-refractivity contribution < 1.29 is 12.9 Å². The fourth-order valence-electron chi connectivity index (χ4n) is 0.809. The van der Waals surface area contributed by atoms with Gasteiger partial charge in [0, 0.05) is 11.8 Å². The van der Waals surface area contributed by atoms with Crippen molar-refractivity contribution in [3.8, 4) is 5.75 Å². The van der Waals surface area contributed by atoms with Crippen molar-refractivity contribution >= 4 is 28.6 Å². The molecule has 0 aliphatic heterocycles. The molecule has 1 unspecified atom stereocenters. The van der Waals surface area contributed by atoms with Gasteiger partial charge in [-0.3, -0.25) is 4.55 Å². The summed E-state index contributed by atoms with van der Waals surface area (Å²) in [5.74, 6) is 0.102.